The molecule has 2 rings (SSSR count). The quantitative estimate of drug-likeness (QED) is 0.340. The summed E-state index contributed by atoms with van der Waals surface area (Å²) < 4.78 is 50.7. The van der Waals surface area contributed by atoms with E-state index in [2.05, 4.69) is 0 Å². The molecule has 0 aromatic rings. The van der Waals surface area contributed by atoms with Gasteiger partial charge in [-0.25, -0.2) is 0 Å². The fraction of sp³-hybridized carbons (Fsp3) is 0.875. The van der Waals surface area contributed by atoms with Gasteiger partial charge in [0.2, 0.25) is 5.60 Å². The van der Waals surface area contributed by atoms with E-state index in [1.807, 2.05) is 29.5 Å². The summed E-state index contributed by atoms with van der Waals surface area (Å²) in [5.74, 6) is -2.31. The second kappa shape index (κ2) is 7.37. The lowest BCUT2D eigenvalue weighted by Gasteiger charge is -2.41. The second-order valence-corrected chi connectivity index (χ2v) is 8.22. The molecule has 2 saturated carbocycles. The van der Waals surface area contributed by atoms with Crippen LogP contribution in [0.5, 0.6) is 0 Å². The smallest absolute Gasteiger partial charge is 0.428 e. The number of halogens is 4. The number of carbonyl (C=O) groups excluding carboxylic acids is 2. The molecule has 24 heavy (non-hydrogen) atoms. The molecule has 4 nitrogen and oxygen atoms in total. The normalized spacial score (nSPS) is 33.3. The topological polar surface area (TPSA) is 52.6 Å². The van der Waals surface area contributed by atoms with Gasteiger partial charge in [-0.05, 0) is 43.9 Å². The highest BCUT2D eigenvalue weighted by Gasteiger charge is 2.70. The number of esters is 2. The summed E-state index contributed by atoms with van der Waals surface area (Å²) >= 11 is 1.99. The SMILES string of the molecule is CCC(I)C(=O)OCCC1CC2CC1C(OC(C)=O)(C(F)(F)F)C2. The molecule has 0 aliphatic heterocycles. The third-order valence-electron chi connectivity index (χ3n) is 5.14. The largest absolute Gasteiger partial charge is 0.465 e. The lowest BCUT2D eigenvalue weighted by molar-refractivity contribution is -0.290. The minimum Gasteiger partial charge on any atom is -0.465 e. The Bertz CT molecular complexity index is 496. The zero-order chi connectivity index (χ0) is 18.1. The molecule has 2 fully saturated rings. The van der Waals surface area contributed by atoms with Crippen LogP contribution in [0.4, 0.5) is 13.2 Å². The van der Waals surface area contributed by atoms with Crippen LogP contribution in [0, 0.1) is 17.8 Å². The number of hydrogen-bond acceptors (Lipinski definition) is 4. The predicted molar refractivity (Wildman–Crippen MR) is 88.5 cm³/mol. The van der Waals surface area contributed by atoms with Crippen LogP contribution in [0.25, 0.3) is 0 Å². The fourth-order valence-corrected chi connectivity index (χ4v) is 4.38. The maximum absolute atomic E-state index is 13.6. The molecular formula is C16H22F3IO4. The van der Waals surface area contributed by atoms with Gasteiger partial charge in [0.15, 0.2) is 0 Å². The first kappa shape index (κ1) is 19.8. The van der Waals surface area contributed by atoms with Crippen LogP contribution in [0.3, 0.4) is 0 Å². The van der Waals surface area contributed by atoms with Crippen LogP contribution < -0.4 is 0 Å². The molecule has 2 aliphatic rings. The van der Waals surface area contributed by atoms with E-state index in [4.69, 9.17) is 9.47 Å². The van der Waals surface area contributed by atoms with Gasteiger partial charge in [-0.15, -0.1) is 0 Å². The van der Waals surface area contributed by atoms with Crippen molar-refractivity contribution in [3.8, 4) is 0 Å². The molecule has 5 unspecified atom stereocenters. The summed E-state index contributed by atoms with van der Waals surface area (Å²) in [6.07, 6.45) is -2.63. The van der Waals surface area contributed by atoms with Crippen LogP contribution in [0.1, 0.15) is 46.0 Å². The minimum atomic E-state index is -4.58. The zero-order valence-electron chi connectivity index (χ0n) is 13.7. The van der Waals surface area contributed by atoms with E-state index in [0.717, 1.165) is 6.92 Å². The maximum atomic E-state index is 13.6. The van der Waals surface area contributed by atoms with Crippen molar-refractivity contribution in [2.75, 3.05) is 6.61 Å². The Morgan fingerprint density at radius 3 is 2.50 bits per heavy atom. The third-order valence-corrected chi connectivity index (χ3v) is 6.53. The highest BCUT2D eigenvalue weighted by molar-refractivity contribution is 14.1. The van der Waals surface area contributed by atoms with Gasteiger partial charge in [0.1, 0.15) is 3.92 Å². The summed E-state index contributed by atoms with van der Waals surface area (Å²) in [7, 11) is 0. The fourth-order valence-electron chi connectivity index (χ4n) is 4.20. The van der Waals surface area contributed by atoms with E-state index < -0.39 is 23.7 Å². The first-order valence-electron chi connectivity index (χ1n) is 8.17. The molecule has 5 atom stereocenters. The average molecular weight is 462 g/mol. The van der Waals surface area contributed by atoms with Gasteiger partial charge < -0.3 is 9.47 Å². The van der Waals surface area contributed by atoms with Crippen molar-refractivity contribution in [2.24, 2.45) is 17.8 Å². The Balaban J connectivity index is 2.02. The second-order valence-electron chi connectivity index (χ2n) is 6.72. The average Bonchev–Trinajstić information content (AvgIpc) is 3.02. The molecule has 0 amide bonds. The molecule has 0 aromatic heterocycles. The van der Waals surface area contributed by atoms with E-state index in [1.54, 1.807) is 0 Å². The van der Waals surface area contributed by atoms with E-state index in [9.17, 15) is 22.8 Å². The molecule has 0 saturated heterocycles. The highest BCUT2D eigenvalue weighted by atomic mass is 127. The van der Waals surface area contributed by atoms with Gasteiger partial charge in [-0.1, -0.05) is 29.5 Å². The number of fused-ring (bicyclic) bond motifs is 2. The van der Waals surface area contributed by atoms with E-state index in [-0.39, 0.29) is 34.8 Å². The maximum Gasteiger partial charge on any atom is 0.428 e. The molecule has 2 aliphatic carbocycles. The predicted octanol–water partition coefficient (Wildman–Crippen LogP) is 4.04. The molecule has 2 bridgehead atoms. The summed E-state index contributed by atoms with van der Waals surface area (Å²) in [6.45, 7) is 2.99. The van der Waals surface area contributed by atoms with Gasteiger partial charge in [0.05, 0.1) is 6.61 Å². The Morgan fingerprint density at radius 1 is 1.33 bits per heavy atom. The van der Waals surface area contributed by atoms with Crippen molar-refractivity contribution in [1.82, 2.24) is 0 Å². The van der Waals surface area contributed by atoms with Crippen molar-refractivity contribution < 1.29 is 32.2 Å². The Labute approximate surface area is 153 Å². The van der Waals surface area contributed by atoms with Crippen LogP contribution in [0.15, 0.2) is 0 Å². The standard InChI is InChI=1S/C16H22F3IO4/c1-3-13(20)14(22)23-5-4-11-6-10-7-12(11)15(8-10,16(17,18)19)24-9(2)21/h10-13H,3-8H2,1-2H3. The molecule has 0 heterocycles. The molecular weight excluding hydrogens is 440 g/mol. The lowest BCUT2D eigenvalue weighted by atomic mass is 9.75. The van der Waals surface area contributed by atoms with Crippen LogP contribution >= 0.6 is 22.6 Å². The molecule has 0 spiro atoms. The number of carbonyl (C=O) groups is 2. The molecule has 0 N–H and O–H groups in total. The van der Waals surface area contributed by atoms with Gasteiger partial charge in [-0.2, -0.15) is 13.2 Å². The van der Waals surface area contributed by atoms with E-state index in [0.29, 0.717) is 25.7 Å². The van der Waals surface area contributed by atoms with Crippen molar-refractivity contribution in [3.05, 3.63) is 0 Å². The third kappa shape index (κ3) is 3.83. The molecule has 0 radical (unpaired) electrons. The first-order valence-corrected chi connectivity index (χ1v) is 9.42. The van der Waals surface area contributed by atoms with Gasteiger partial charge in [0, 0.05) is 12.8 Å². The summed E-state index contributed by atoms with van der Waals surface area (Å²) in [5.41, 5.74) is -2.37. The highest BCUT2D eigenvalue weighted by Crippen LogP contribution is 2.61. The van der Waals surface area contributed by atoms with Crippen LogP contribution in [-0.2, 0) is 19.1 Å². The van der Waals surface area contributed by atoms with Crippen LogP contribution in [-0.4, -0.2) is 34.2 Å². The van der Waals surface area contributed by atoms with Gasteiger partial charge in [-0.3, -0.25) is 9.59 Å². The number of hydrogen-bond donors (Lipinski definition) is 0. The Hall–Kier alpha value is -0.540. The Kier molecular flexibility index (Phi) is 6.08. The van der Waals surface area contributed by atoms with Crippen molar-refractivity contribution in [1.29, 1.82) is 0 Å². The van der Waals surface area contributed by atoms with Crippen molar-refractivity contribution in [3.63, 3.8) is 0 Å². The number of alkyl halides is 4. The van der Waals surface area contributed by atoms with Gasteiger partial charge >= 0.3 is 18.1 Å². The van der Waals surface area contributed by atoms with Crippen molar-refractivity contribution in [2.45, 2.75) is 61.7 Å². The van der Waals surface area contributed by atoms with E-state index in [1.165, 1.54) is 0 Å². The summed E-state index contributed by atoms with van der Waals surface area (Å²) in [4.78, 5) is 22.9. The van der Waals surface area contributed by atoms with Crippen molar-refractivity contribution >= 4 is 34.5 Å². The van der Waals surface area contributed by atoms with Crippen LogP contribution in [0.2, 0.25) is 0 Å². The first-order chi connectivity index (χ1) is 11.1. The summed E-state index contributed by atoms with van der Waals surface area (Å²) in [5, 5.41) is 0. The Morgan fingerprint density at radius 2 is 2.00 bits per heavy atom. The monoisotopic (exact) mass is 462 g/mol. The molecule has 0 aromatic carbocycles. The zero-order valence-corrected chi connectivity index (χ0v) is 15.9. The summed E-state index contributed by atoms with van der Waals surface area (Å²) in [6, 6.07) is 0. The number of ether oxygens (including phenoxy) is 2. The molecule has 138 valence electrons. The lowest BCUT2D eigenvalue weighted by Crippen LogP contribution is -2.54. The van der Waals surface area contributed by atoms with Gasteiger partial charge in [0.25, 0.3) is 0 Å². The molecule has 8 heteroatoms. The minimum absolute atomic E-state index is 0.0929. The van der Waals surface area contributed by atoms with E-state index >= 15 is 0 Å². The number of rotatable bonds is 6.